The number of anilines is 2. The molecule has 104 valence electrons. The van der Waals surface area contributed by atoms with Gasteiger partial charge in [-0.15, -0.1) is 0 Å². The highest BCUT2D eigenvalue weighted by Crippen LogP contribution is 2.27. The van der Waals surface area contributed by atoms with E-state index in [1.54, 1.807) is 0 Å². The SMILES string of the molecule is CNc1nc(N2CCOCC2)nc2c1CCCCC2. The van der Waals surface area contributed by atoms with Gasteiger partial charge in [-0.3, -0.25) is 0 Å². The average molecular weight is 262 g/mol. The molecule has 1 fully saturated rings. The van der Waals surface area contributed by atoms with E-state index >= 15 is 0 Å². The van der Waals surface area contributed by atoms with E-state index in [0.29, 0.717) is 0 Å². The van der Waals surface area contributed by atoms with Crippen LogP contribution < -0.4 is 10.2 Å². The molecule has 1 aromatic heterocycles. The van der Waals surface area contributed by atoms with Crippen LogP contribution in [0.3, 0.4) is 0 Å². The van der Waals surface area contributed by atoms with Gasteiger partial charge >= 0.3 is 0 Å². The van der Waals surface area contributed by atoms with Gasteiger partial charge in [0, 0.05) is 25.7 Å². The van der Waals surface area contributed by atoms with Crippen molar-refractivity contribution < 1.29 is 4.74 Å². The number of nitrogens with one attached hydrogen (secondary N) is 1. The van der Waals surface area contributed by atoms with Crippen LogP contribution in [0, 0.1) is 0 Å². The van der Waals surface area contributed by atoms with Gasteiger partial charge in [0.15, 0.2) is 0 Å². The minimum absolute atomic E-state index is 0.773. The van der Waals surface area contributed by atoms with Gasteiger partial charge in [0.1, 0.15) is 5.82 Å². The maximum absolute atomic E-state index is 5.40. The fraction of sp³-hybridized carbons (Fsp3) is 0.714. The Morgan fingerprint density at radius 2 is 1.84 bits per heavy atom. The van der Waals surface area contributed by atoms with Gasteiger partial charge in [0.05, 0.1) is 18.9 Å². The van der Waals surface area contributed by atoms with Crippen molar-refractivity contribution in [3.05, 3.63) is 11.3 Å². The molecule has 0 radical (unpaired) electrons. The number of morpholine rings is 1. The molecule has 5 heteroatoms. The Morgan fingerprint density at radius 1 is 1.05 bits per heavy atom. The molecule has 2 heterocycles. The molecule has 0 amide bonds. The second-order valence-electron chi connectivity index (χ2n) is 5.21. The smallest absolute Gasteiger partial charge is 0.227 e. The number of hydrogen-bond acceptors (Lipinski definition) is 5. The van der Waals surface area contributed by atoms with Crippen LogP contribution in [-0.4, -0.2) is 43.3 Å². The van der Waals surface area contributed by atoms with Crippen LogP contribution in [0.5, 0.6) is 0 Å². The maximum Gasteiger partial charge on any atom is 0.227 e. The summed E-state index contributed by atoms with van der Waals surface area (Å²) in [6.45, 7) is 3.33. The van der Waals surface area contributed by atoms with Crippen LogP contribution in [-0.2, 0) is 17.6 Å². The Balaban J connectivity index is 1.94. The molecule has 19 heavy (non-hydrogen) atoms. The normalized spacial score (nSPS) is 19.7. The molecule has 0 atom stereocenters. The molecule has 1 aliphatic heterocycles. The summed E-state index contributed by atoms with van der Waals surface area (Å²) in [5.41, 5.74) is 2.58. The highest BCUT2D eigenvalue weighted by molar-refractivity contribution is 5.51. The molecule has 0 saturated carbocycles. The van der Waals surface area contributed by atoms with Crippen LogP contribution in [0.2, 0.25) is 0 Å². The fourth-order valence-corrected chi connectivity index (χ4v) is 2.87. The number of aryl methyl sites for hydroxylation is 1. The molecule has 0 unspecified atom stereocenters. The lowest BCUT2D eigenvalue weighted by molar-refractivity contribution is 0.122. The van der Waals surface area contributed by atoms with Gasteiger partial charge < -0.3 is 15.0 Å². The van der Waals surface area contributed by atoms with Crippen molar-refractivity contribution in [1.29, 1.82) is 0 Å². The quantitative estimate of drug-likeness (QED) is 0.821. The fourth-order valence-electron chi connectivity index (χ4n) is 2.87. The van der Waals surface area contributed by atoms with E-state index in [-0.39, 0.29) is 0 Å². The van der Waals surface area contributed by atoms with Gasteiger partial charge in [0.2, 0.25) is 5.95 Å². The molecule has 5 nitrogen and oxygen atoms in total. The third kappa shape index (κ3) is 2.66. The van der Waals surface area contributed by atoms with E-state index in [9.17, 15) is 0 Å². The number of rotatable bonds is 2. The van der Waals surface area contributed by atoms with Crippen molar-refractivity contribution in [2.75, 3.05) is 43.6 Å². The first kappa shape index (κ1) is 12.7. The van der Waals surface area contributed by atoms with Crippen molar-refractivity contribution in [1.82, 2.24) is 9.97 Å². The average Bonchev–Trinajstić information content (AvgIpc) is 2.72. The predicted molar refractivity (Wildman–Crippen MR) is 75.9 cm³/mol. The van der Waals surface area contributed by atoms with Gasteiger partial charge in [-0.05, 0) is 25.7 Å². The summed E-state index contributed by atoms with van der Waals surface area (Å²) >= 11 is 0. The number of fused-ring (bicyclic) bond motifs is 1. The van der Waals surface area contributed by atoms with E-state index in [1.807, 2.05) is 7.05 Å². The van der Waals surface area contributed by atoms with Gasteiger partial charge in [0.25, 0.3) is 0 Å². The van der Waals surface area contributed by atoms with Gasteiger partial charge in [-0.25, -0.2) is 4.98 Å². The Bertz CT molecular complexity index is 443. The third-order valence-corrected chi connectivity index (χ3v) is 3.95. The number of hydrogen-bond donors (Lipinski definition) is 1. The first-order valence-electron chi connectivity index (χ1n) is 7.28. The molecule has 0 bridgehead atoms. The van der Waals surface area contributed by atoms with E-state index in [1.165, 1.54) is 30.5 Å². The first-order valence-corrected chi connectivity index (χ1v) is 7.28. The zero-order valence-electron chi connectivity index (χ0n) is 11.6. The number of nitrogens with zero attached hydrogens (tertiary/aromatic N) is 3. The lowest BCUT2D eigenvalue weighted by atomic mass is 10.1. The van der Waals surface area contributed by atoms with Crippen molar-refractivity contribution in [2.24, 2.45) is 0 Å². The first-order chi connectivity index (χ1) is 9.38. The highest BCUT2D eigenvalue weighted by Gasteiger charge is 2.20. The summed E-state index contributed by atoms with van der Waals surface area (Å²) in [4.78, 5) is 11.8. The Morgan fingerprint density at radius 3 is 2.63 bits per heavy atom. The lowest BCUT2D eigenvalue weighted by Gasteiger charge is -2.28. The second kappa shape index (κ2) is 5.74. The zero-order chi connectivity index (χ0) is 13.1. The van der Waals surface area contributed by atoms with Crippen molar-refractivity contribution in [2.45, 2.75) is 32.1 Å². The summed E-state index contributed by atoms with van der Waals surface area (Å²) in [6.07, 6.45) is 5.99. The second-order valence-corrected chi connectivity index (χ2v) is 5.21. The van der Waals surface area contributed by atoms with Crippen molar-refractivity contribution in [3.63, 3.8) is 0 Å². The monoisotopic (exact) mass is 262 g/mol. The van der Waals surface area contributed by atoms with Crippen molar-refractivity contribution in [3.8, 4) is 0 Å². The van der Waals surface area contributed by atoms with E-state index < -0.39 is 0 Å². The number of aromatic nitrogens is 2. The van der Waals surface area contributed by atoms with Gasteiger partial charge in [-0.1, -0.05) is 6.42 Å². The van der Waals surface area contributed by atoms with Crippen LogP contribution >= 0.6 is 0 Å². The minimum Gasteiger partial charge on any atom is -0.378 e. The van der Waals surface area contributed by atoms with Crippen LogP contribution in [0.1, 0.15) is 30.5 Å². The molecule has 0 spiro atoms. The van der Waals surface area contributed by atoms with Crippen LogP contribution in [0.15, 0.2) is 0 Å². The molecular formula is C14H22N4O. The van der Waals surface area contributed by atoms with Crippen LogP contribution in [0.4, 0.5) is 11.8 Å². The highest BCUT2D eigenvalue weighted by atomic mass is 16.5. The third-order valence-electron chi connectivity index (χ3n) is 3.95. The molecule has 1 aromatic rings. The minimum atomic E-state index is 0.773. The molecule has 1 N–H and O–H groups in total. The lowest BCUT2D eigenvalue weighted by Crippen LogP contribution is -2.37. The summed E-state index contributed by atoms with van der Waals surface area (Å²) in [6, 6.07) is 0. The molecule has 2 aliphatic rings. The number of ether oxygens (including phenoxy) is 1. The van der Waals surface area contributed by atoms with E-state index in [4.69, 9.17) is 14.7 Å². The largest absolute Gasteiger partial charge is 0.378 e. The summed E-state index contributed by atoms with van der Waals surface area (Å²) in [5.74, 6) is 1.89. The van der Waals surface area contributed by atoms with Crippen LogP contribution in [0.25, 0.3) is 0 Å². The Hall–Kier alpha value is -1.36. The molecular weight excluding hydrogens is 240 g/mol. The molecule has 3 rings (SSSR count). The predicted octanol–water partition coefficient (Wildman–Crippen LogP) is 1.62. The van der Waals surface area contributed by atoms with Crippen molar-refractivity contribution >= 4 is 11.8 Å². The standard InChI is InChI=1S/C14H22N4O/c1-15-13-11-5-3-2-4-6-12(11)16-14(17-13)18-7-9-19-10-8-18/h2-10H2,1H3,(H,15,16,17). The van der Waals surface area contributed by atoms with E-state index in [0.717, 1.165) is 50.9 Å². The summed E-state index contributed by atoms with van der Waals surface area (Å²) in [5, 5.41) is 3.25. The van der Waals surface area contributed by atoms with E-state index in [2.05, 4.69) is 10.2 Å². The summed E-state index contributed by atoms with van der Waals surface area (Å²) in [7, 11) is 1.95. The van der Waals surface area contributed by atoms with Gasteiger partial charge in [-0.2, -0.15) is 4.98 Å². The summed E-state index contributed by atoms with van der Waals surface area (Å²) < 4.78 is 5.40. The molecule has 1 aliphatic carbocycles. The zero-order valence-corrected chi connectivity index (χ0v) is 11.6. The topological polar surface area (TPSA) is 50.3 Å². The maximum atomic E-state index is 5.40. The Kier molecular flexibility index (Phi) is 3.82. The molecule has 1 saturated heterocycles. The molecule has 0 aromatic carbocycles. The Labute approximate surface area is 114 Å².